The zero-order valence-electron chi connectivity index (χ0n) is 18.8. The first kappa shape index (κ1) is 21.2. The SMILES string of the molecule is OC[C@H]1CN(c2ccc(Nc3ncc4c5ccnc(F)c5n(C5CCCC5)c4n3)nc2)CCN1. The van der Waals surface area contributed by atoms with Gasteiger partial charge >= 0.3 is 0 Å². The number of halogens is 1. The number of hydrogen-bond donors (Lipinski definition) is 3. The van der Waals surface area contributed by atoms with Crippen LogP contribution in [-0.2, 0) is 0 Å². The van der Waals surface area contributed by atoms with Crippen LogP contribution in [0.2, 0.25) is 0 Å². The molecule has 176 valence electrons. The molecule has 0 amide bonds. The van der Waals surface area contributed by atoms with Crippen LogP contribution in [0.1, 0.15) is 31.7 Å². The molecule has 1 atom stereocenters. The van der Waals surface area contributed by atoms with E-state index in [1.807, 2.05) is 29.0 Å². The predicted molar refractivity (Wildman–Crippen MR) is 129 cm³/mol. The minimum absolute atomic E-state index is 0.0679. The molecule has 1 aliphatic heterocycles. The average Bonchev–Trinajstić information content (AvgIpc) is 3.51. The van der Waals surface area contributed by atoms with E-state index in [0.29, 0.717) is 17.3 Å². The molecule has 2 aliphatic rings. The normalized spacial score (nSPS) is 19.4. The van der Waals surface area contributed by atoms with Crippen molar-refractivity contribution >= 4 is 39.4 Å². The summed E-state index contributed by atoms with van der Waals surface area (Å²) in [6, 6.07) is 6.01. The Balaban J connectivity index is 1.31. The number of hydrogen-bond acceptors (Lipinski definition) is 8. The summed E-state index contributed by atoms with van der Waals surface area (Å²) < 4.78 is 16.8. The van der Waals surface area contributed by atoms with Crippen LogP contribution in [0.5, 0.6) is 0 Å². The van der Waals surface area contributed by atoms with Gasteiger partial charge in [-0.25, -0.2) is 15.0 Å². The number of fused-ring (bicyclic) bond motifs is 3. The van der Waals surface area contributed by atoms with Crippen molar-refractivity contribution in [1.82, 2.24) is 29.8 Å². The molecule has 1 saturated heterocycles. The lowest BCUT2D eigenvalue weighted by Crippen LogP contribution is -2.52. The Bertz CT molecular complexity index is 1320. The topological polar surface area (TPSA) is 104 Å². The molecule has 0 spiro atoms. The highest BCUT2D eigenvalue weighted by atomic mass is 19.1. The van der Waals surface area contributed by atoms with E-state index in [0.717, 1.165) is 67.4 Å². The minimum atomic E-state index is -0.467. The van der Waals surface area contributed by atoms with Crippen molar-refractivity contribution in [2.24, 2.45) is 0 Å². The van der Waals surface area contributed by atoms with Crippen molar-refractivity contribution in [3.05, 3.63) is 42.7 Å². The average molecular weight is 463 g/mol. The van der Waals surface area contributed by atoms with Crippen molar-refractivity contribution in [3.8, 4) is 0 Å². The van der Waals surface area contributed by atoms with Gasteiger partial charge in [-0.15, -0.1) is 0 Å². The molecule has 5 heterocycles. The van der Waals surface area contributed by atoms with E-state index in [2.05, 4.69) is 30.5 Å². The molecule has 6 rings (SSSR count). The number of anilines is 3. The molecule has 0 radical (unpaired) electrons. The maximum Gasteiger partial charge on any atom is 0.237 e. The monoisotopic (exact) mass is 462 g/mol. The maximum atomic E-state index is 14.8. The number of nitrogens with zero attached hydrogens (tertiary/aromatic N) is 6. The van der Waals surface area contributed by atoms with Crippen molar-refractivity contribution in [2.45, 2.75) is 37.8 Å². The Hall–Kier alpha value is -3.37. The van der Waals surface area contributed by atoms with Gasteiger partial charge < -0.3 is 25.2 Å². The van der Waals surface area contributed by atoms with Crippen LogP contribution in [0.3, 0.4) is 0 Å². The molecule has 3 N–H and O–H groups in total. The molecular formula is C24H27FN8O. The fourth-order valence-corrected chi connectivity index (χ4v) is 5.25. The molecule has 4 aromatic rings. The smallest absolute Gasteiger partial charge is 0.237 e. The number of aliphatic hydroxyl groups excluding tert-OH is 1. The Kier molecular flexibility index (Phi) is 5.46. The van der Waals surface area contributed by atoms with Gasteiger partial charge in [-0.1, -0.05) is 12.8 Å². The lowest BCUT2D eigenvalue weighted by Gasteiger charge is -2.34. The molecular weight excluding hydrogens is 435 g/mol. The number of piperazine rings is 1. The summed E-state index contributed by atoms with van der Waals surface area (Å²) in [5, 5.41) is 17.5. The standard InChI is InChI=1S/C24H27FN8O/c25-22-21-18(7-8-27-22)19-12-29-24(31-23(19)33(21)16-3-1-2-4-16)30-20-6-5-17(11-28-20)32-10-9-26-15(13-32)14-34/h5-8,11-12,15-16,26,34H,1-4,9-10,13-14H2,(H,28,29,30,31)/t15-/m1/s1. The molecule has 4 aromatic heterocycles. The Morgan fingerprint density at radius 2 is 1.97 bits per heavy atom. The van der Waals surface area contributed by atoms with Gasteiger partial charge in [0.25, 0.3) is 0 Å². The van der Waals surface area contributed by atoms with Crippen LogP contribution < -0.4 is 15.5 Å². The number of rotatable bonds is 5. The van der Waals surface area contributed by atoms with E-state index in [9.17, 15) is 9.50 Å². The van der Waals surface area contributed by atoms with Crippen LogP contribution in [-0.4, -0.2) is 61.9 Å². The van der Waals surface area contributed by atoms with Crippen LogP contribution in [0, 0.1) is 5.95 Å². The molecule has 34 heavy (non-hydrogen) atoms. The molecule has 2 fully saturated rings. The van der Waals surface area contributed by atoms with Gasteiger partial charge in [0, 0.05) is 54.9 Å². The van der Waals surface area contributed by atoms with Gasteiger partial charge in [0.05, 0.1) is 18.5 Å². The zero-order chi connectivity index (χ0) is 23.1. The summed E-state index contributed by atoms with van der Waals surface area (Å²) in [6.45, 7) is 2.54. The lowest BCUT2D eigenvalue weighted by atomic mass is 10.2. The molecule has 1 saturated carbocycles. The third-order valence-corrected chi connectivity index (χ3v) is 6.93. The van der Waals surface area contributed by atoms with Crippen LogP contribution in [0.25, 0.3) is 21.9 Å². The lowest BCUT2D eigenvalue weighted by molar-refractivity contribution is 0.235. The van der Waals surface area contributed by atoms with Crippen LogP contribution in [0.15, 0.2) is 36.8 Å². The van der Waals surface area contributed by atoms with Crippen molar-refractivity contribution < 1.29 is 9.50 Å². The molecule has 0 unspecified atom stereocenters. The molecule has 1 aliphatic carbocycles. The summed E-state index contributed by atoms with van der Waals surface area (Å²) in [6.07, 6.45) is 9.34. The second-order valence-electron chi connectivity index (χ2n) is 9.04. The maximum absolute atomic E-state index is 14.8. The minimum Gasteiger partial charge on any atom is -0.395 e. The molecule has 10 heteroatoms. The fourth-order valence-electron chi connectivity index (χ4n) is 5.25. The zero-order valence-corrected chi connectivity index (χ0v) is 18.8. The quantitative estimate of drug-likeness (QED) is 0.389. The van der Waals surface area contributed by atoms with E-state index in [4.69, 9.17) is 4.98 Å². The van der Waals surface area contributed by atoms with E-state index < -0.39 is 5.95 Å². The van der Waals surface area contributed by atoms with E-state index >= 15 is 0 Å². The Labute approximate surface area is 196 Å². The van der Waals surface area contributed by atoms with Crippen LogP contribution in [0.4, 0.5) is 21.8 Å². The second kappa shape index (κ2) is 8.77. The summed E-state index contributed by atoms with van der Waals surface area (Å²) in [7, 11) is 0. The summed E-state index contributed by atoms with van der Waals surface area (Å²) in [4.78, 5) is 19.9. The first-order valence-electron chi connectivity index (χ1n) is 11.8. The predicted octanol–water partition coefficient (Wildman–Crippen LogP) is 3.14. The van der Waals surface area contributed by atoms with Gasteiger partial charge in [-0.3, -0.25) is 0 Å². The highest BCUT2D eigenvalue weighted by Crippen LogP contribution is 2.38. The molecule has 9 nitrogen and oxygen atoms in total. The third kappa shape index (κ3) is 3.72. The number of aliphatic hydroxyl groups is 1. The number of nitrogens with one attached hydrogen (secondary N) is 2. The van der Waals surface area contributed by atoms with Gasteiger partial charge in [0.15, 0.2) is 0 Å². The van der Waals surface area contributed by atoms with Crippen molar-refractivity contribution in [2.75, 3.05) is 36.5 Å². The van der Waals surface area contributed by atoms with Gasteiger partial charge in [-0.2, -0.15) is 9.37 Å². The van der Waals surface area contributed by atoms with Crippen molar-refractivity contribution in [3.63, 3.8) is 0 Å². The molecule has 0 bridgehead atoms. The Morgan fingerprint density at radius 1 is 1.09 bits per heavy atom. The van der Waals surface area contributed by atoms with E-state index in [-0.39, 0.29) is 18.7 Å². The first-order valence-corrected chi connectivity index (χ1v) is 11.8. The van der Waals surface area contributed by atoms with E-state index in [1.165, 1.54) is 6.20 Å². The highest BCUT2D eigenvalue weighted by Gasteiger charge is 2.25. The first-order chi connectivity index (χ1) is 16.7. The van der Waals surface area contributed by atoms with Gasteiger partial charge in [0.1, 0.15) is 17.0 Å². The largest absolute Gasteiger partial charge is 0.395 e. The van der Waals surface area contributed by atoms with E-state index in [1.54, 1.807) is 6.20 Å². The number of aromatic nitrogens is 5. The van der Waals surface area contributed by atoms with Crippen molar-refractivity contribution in [1.29, 1.82) is 0 Å². The fraction of sp³-hybridized carbons (Fsp3) is 0.417. The number of pyridine rings is 2. The van der Waals surface area contributed by atoms with Gasteiger partial charge in [0.2, 0.25) is 11.9 Å². The van der Waals surface area contributed by atoms with Gasteiger partial charge in [-0.05, 0) is 31.0 Å². The third-order valence-electron chi connectivity index (χ3n) is 6.93. The highest BCUT2D eigenvalue weighted by molar-refractivity contribution is 6.06. The summed E-state index contributed by atoms with van der Waals surface area (Å²) in [5.74, 6) is 0.588. The van der Waals surface area contributed by atoms with Crippen LogP contribution >= 0.6 is 0 Å². The summed E-state index contributed by atoms with van der Waals surface area (Å²) >= 11 is 0. The second-order valence-corrected chi connectivity index (χ2v) is 9.04. The summed E-state index contributed by atoms with van der Waals surface area (Å²) in [5.41, 5.74) is 2.24. The Morgan fingerprint density at radius 3 is 2.76 bits per heavy atom. The molecule has 0 aromatic carbocycles.